The summed E-state index contributed by atoms with van der Waals surface area (Å²) in [6, 6.07) is 13.9. The van der Waals surface area contributed by atoms with Gasteiger partial charge in [-0.05, 0) is 42.7 Å². The van der Waals surface area contributed by atoms with E-state index in [0.29, 0.717) is 33.2 Å². The predicted molar refractivity (Wildman–Crippen MR) is 108 cm³/mol. The molecule has 2 heterocycles. The van der Waals surface area contributed by atoms with Crippen LogP contribution in [0.25, 0.3) is 11.3 Å². The van der Waals surface area contributed by atoms with Gasteiger partial charge in [0.1, 0.15) is 0 Å². The smallest absolute Gasteiger partial charge is 0.337 e. The van der Waals surface area contributed by atoms with Crippen LogP contribution in [-0.2, 0) is 9.53 Å². The van der Waals surface area contributed by atoms with Crippen molar-refractivity contribution in [3.8, 4) is 17.1 Å². The minimum Gasteiger partial charge on any atom is -0.854 e. The van der Waals surface area contributed by atoms with E-state index in [0.717, 1.165) is 0 Å². The van der Waals surface area contributed by atoms with Crippen LogP contribution in [0, 0.1) is 0 Å². The topological polar surface area (TPSA) is 99.3 Å². The summed E-state index contributed by atoms with van der Waals surface area (Å²) in [4.78, 5) is 30.2. The summed E-state index contributed by atoms with van der Waals surface area (Å²) >= 11 is 1.25. The molecule has 0 N–H and O–H groups in total. The molecule has 1 aliphatic rings. The van der Waals surface area contributed by atoms with Gasteiger partial charge in [0.2, 0.25) is 5.91 Å². The van der Waals surface area contributed by atoms with Gasteiger partial charge >= 0.3 is 5.97 Å². The van der Waals surface area contributed by atoms with Crippen LogP contribution in [0.2, 0.25) is 0 Å². The van der Waals surface area contributed by atoms with Crippen LogP contribution in [0.15, 0.2) is 53.7 Å². The maximum atomic E-state index is 12.9. The number of methoxy groups -OCH3 is 1. The van der Waals surface area contributed by atoms with E-state index in [1.54, 1.807) is 53.6 Å². The second-order valence-electron chi connectivity index (χ2n) is 6.59. The van der Waals surface area contributed by atoms with E-state index < -0.39 is 18.0 Å². The third-order valence-corrected chi connectivity index (χ3v) is 5.41. The molecule has 8 nitrogen and oxygen atoms in total. The van der Waals surface area contributed by atoms with Crippen LogP contribution in [0.3, 0.4) is 0 Å². The lowest BCUT2D eigenvalue weighted by Crippen LogP contribution is -2.58. The highest BCUT2D eigenvalue weighted by Gasteiger charge is 2.43. The van der Waals surface area contributed by atoms with Crippen molar-refractivity contribution < 1.29 is 24.1 Å². The van der Waals surface area contributed by atoms with Gasteiger partial charge in [-0.2, -0.15) is 0 Å². The quantitative estimate of drug-likeness (QED) is 0.361. The van der Waals surface area contributed by atoms with Crippen molar-refractivity contribution in [2.45, 2.75) is 18.2 Å². The molecule has 3 aromatic rings. The Morgan fingerprint density at radius 3 is 2.50 bits per heavy atom. The van der Waals surface area contributed by atoms with Crippen molar-refractivity contribution in [1.82, 2.24) is 10.1 Å². The molecule has 1 aliphatic heterocycles. The average Bonchev–Trinajstić information content (AvgIpc) is 2.77. The Morgan fingerprint density at radius 1 is 1.17 bits per heavy atom. The molecular formula is C21H18N4O4S. The monoisotopic (exact) mass is 422 g/mol. The Bertz CT molecular complexity index is 1150. The molecule has 0 bridgehead atoms. The van der Waals surface area contributed by atoms with Crippen LogP contribution in [0.4, 0.5) is 5.69 Å². The molecular weight excluding hydrogens is 404 g/mol. The van der Waals surface area contributed by atoms with E-state index in [2.05, 4.69) is 10.1 Å². The van der Waals surface area contributed by atoms with Crippen molar-refractivity contribution in [2.75, 3.05) is 18.3 Å². The third-order valence-electron chi connectivity index (χ3n) is 4.87. The summed E-state index contributed by atoms with van der Waals surface area (Å²) in [5, 5.41) is 17.7. The third kappa shape index (κ3) is 3.17. The molecule has 1 amide bonds. The van der Waals surface area contributed by atoms with Crippen molar-refractivity contribution in [1.29, 1.82) is 0 Å². The van der Waals surface area contributed by atoms with Gasteiger partial charge in [0.25, 0.3) is 17.0 Å². The second-order valence-corrected chi connectivity index (χ2v) is 7.36. The summed E-state index contributed by atoms with van der Waals surface area (Å²) in [7, 11) is 1.31. The summed E-state index contributed by atoms with van der Waals surface area (Å²) in [6.45, 7) is 1.47. The van der Waals surface area contributed by atoms with E-state index in [9.17, 15) is 14.7 Å². The van der Waals surface area contributed by atoms with Gasteiger partial charge in [-0.25, -0.2) is 14.7 Å². The molecule has 0 fully saturated rings. The molecule has 1 unspecified atom stereocenters. The highest BCUT2D eigenvalue weighted by molar-refractivity contribution is 7.98. The fourth-order valence-electron chi connectivity index (χ4n) is 3.57. The number of anilines is 1. The molecule has 4 rings (SSSR count). The molecule has 0 spiro atoms. The van der Waals surface area contributed by atoms with Crippen molar-refractivity contribution in [3.63, 3.8) is 0 Å². The van der Waals surface area contributed by atoms with E-state index in [-0.39, 0.29) is 5.91 Å². The van der Waals surface area contributed by atoms with Gasteiger partial charge in [-0.1, -0.05) is 28.6 Å². The van der Waals surface area contributed by atoms with Crippen LogP contribution < -0.4 is 14.7 Å². The molecule has 2 aromatic carbocycles. The number of aromatic nitrogens is 3. The number of hydrogen-bond donors (Lipinski definition) is 0. The maximum absolute atomic E-state index is 12.9. The molecule has 9 heteroatoms. The minimum absolute atomic E-state index is 0.209. The van der Waals surface area contributed by atoms with Crippen LogP contribution >= 0.6 is 11.8 Å². The van der Waals surface area contributed by atoms with Crippen LogP contribution in [-0.4, -0.2) is 35.3 Å². The van der Waals surface area contributed by atoms with Crippen LogP contribution in [0.1, 0.15) is 29.0 Å². The highest BCUT2D eigenvalue weighted by Crippen LogP contribution is 2.40. The number of carbonyl (C=O) groups excluding carboxylic acids is 2. The number of benzene rings is 2. The molecule has 1 aromatic heterocycles. The number of fused-ring (bicyclic) bond motifs is 3. The number of amides is 1. The number of carbonyl (C=O) groups is 2. The number of thioether (sulfide) groups is 1. The zero-order chi connectivity index (χ0) is 21.4. The summed E-state index contributed by atoms with van der Waals surface area (Å²) in [6.07, 6.45) is 1.07. The first-order valence-electron chi connectivity index (χ1n) is 9.08. The number of esters is 1. The lowest BCUT2D eigenvalue weighted by molar-refractivity contribution is -0.764. The number of para-hydroxylation sites is 1. The number of ether oxygens (including phenoxy) is 1. The molecule has 152 valence electrons. The molecule has 0 saturated heterocycles. The fourth-order valence-corrected chi connectivity index (χ4v) is 3.91. The highest BCUT2D eigenvalue weighted by atomic mass is 32.2. The van der Waals surface area contributed by atoms with Gasteiger partial charge in [0, 0.05) is 17.6 Å². The summed E-state index contributed by atoms with van der Waals surface area (Å²) < 4.78 is 6.30. The maximum Gasteiger partial charge on any atom is 0.337 e. The van der Waals surface area contributed by atoms with E-state index in [4.69, 9.17) is 4.74 Å². The fraction of sp³-hybridized carbons (Fsp3) is 0.190. The van der Waals surface area contributed by atoms with Gasteiger partial charge in [0.05, 0.1) is 29.8 Å². The van der Waals surface area contributed by atoms with Gasteiger partial charge in [0.15, 0.2) is 0 Å². The lowest BCUT2D eigenvalue weighted by Gasteiger charge is -2.32. The van der Waals surface area contributed by atoms with Crippen molar-refractivity contribution >= 4 is 29.3 Å². The molecule has 30 heavy (non-hydrogen) atoms. The Morgan fingerprint density at radius 2 is 1.87 bits per heavy atom. The predicted octanol–water partition coefficient (Wildman–Crippen LogP) is 1.93. The SMILES string of the molecule is COC(=O)c1ccc(C2N(C(C)=O)c3ccccc3-c3c([O-])nc(SC)n[n+]32)cc1. The largest absolute Gasteiger partial charge is 0.854 e. The standard InChI is InChI=1S/C21H18N4O4S/c1-12(26)24-16-7-5-4-6-15(16)17-18(27)22-21(30-3)23-25(17)19(24)13-8-10-14(11-9-13)20(28)29-2/h4-11,19H,1-3H3. The zero-order valence-electron chi connectivity index (χ0n) is 16.5. The lowest BCUT2D eigenvalue weighted by atomic mass is 10.0. The van der Waals surface area contributed by atoms with Gasteiger partial charge in [-0.3, -0.25) is 4.79 Å². The zero-order valence-corrected chi connectivity index (χ0v) is 17.3. The Balaban J connectivity index is 1.98. The summed E-state index contributed by atoms with van der Waals surface area (Å²) in [5.41, 5.74) is 2.57. The molecule has 0 radical (unpaired) electrons. The normalized spacial score (nSPS) is 14.6. The minimum atomic E-state index is -0.708. The first-order chi connectivity index (χ1) is 14.5. The Kier molecular flexibility index (Phi) is 5.13. The Labute approximate surface area is 177 Å². The molecule has 1 atom stereocenters. The van der Waals surface area contributed by atoms with Gasteiger partial charge in [-0.15, -0.1) is 0 Å². The van der Waals surface area contributed by atoms with E-state index in [1.807, 2.05) is 6.07 Å². The first kappa shape index (κ1) is 19.8. The molecule has 0 aliphatic carbocycles. The van der Waals surface area contributed by atoms with Crippen LogP contribution in [0.5, 0.6) is 5.88 Å². The van der Waals surface area contributed by atoms with E-state index >= 15 is 0 Å². The average molecular weight is 422 g/mol. The molecule has 0 saturated carbocycles. The second kappa shape index (κ2) is 7.75. The number of nitrogens with zero attached hydrogens (tertiary/aromatic N) is 4. The van der Waals surface area contributed by atoms with E-state index in [1.165, 1.54) is 30.5 Å². The van der Waals surface area contributed by atoms with Gasteiger partial charge < -0.3 is 9.84 Å². The first-order valence-corrected chi connectivity index (χ1v) is 10.3. The van der Waals surface area contributed by atoms with Crippen molar-refractivity contribution in [3.05, 3.63) is 59.7 Å². The number of hydrogen-bond acceptors (Lipinski definition) is 7. The number of rotatable bonds is 3. The Hall–Kier alpha value is -3.46. The van der Waals surface area contributed by atoms with Crippen molar-refractivity contribution in [2.24, 2.45) is 0 Å². The summed E-state index contributed by atoms with van der Waals surface area (Å²) in [5.74, 6) is -1.08.